The molecule has 0 fully saturated rings. The highest BCUT2D eigenvalue weighted by Crippen LogP contribution is 2.32. The van der Waals surface area contributed by atoms with Crippen LogP contribution in [0.25, 0.3) is 0 Å². The van der Waals surface area contributed by atoms with Gasteiger partial charge in [0.05, 0.1) is 7.11 Å². The van der Waals surface area contributed by atoms with Gasteiger partial charge in [-0.05, 0) is 49.1 Å². The van der Waals surface area contributed by atoms with E-state index in [1.54, 1.807) is 14.2 Å². The van der Waals surface area contributed by atoms with Gasteiger partial charge in [-0.2, -0.15) is 0 Å². The lowest BCUT2D eigenvalue weighted by Gasteiger charge is -2.13. The van der Waals surface area contributed by atoms with Crippen molar-refractivity contribution in [3.8, 4) is 17.2 Å². The average molecular weight is 497 g/mol. The number of hydrogen-bond acceptors (Lipinski definition) is 4. The van der Waals surface area contributed by atoms with Gasteiger partial charge in [0.2, 0.25) is 6.79 Å². The van der Waals surface area contributed by atoms with Crippen molar-refractivity contribution in [2.45, 2.75) is 19.8 Å². The van der Waals surface area contributed by atoms with Gasteiger partial charge >= 0.3 is 0 Å². The Hall–Kier alpha value is -2.16. The molecule has 7 heteroatoms. The minimum atomic E-state index is 0. The fraction of sp³-hybridized carbons (Fsp3) is 0.381. The Balaban J connectivity index is 0.00000280. The number of nitrogens with one attached hydrogen (secondary N) is 2. The van der Waals surface area contributed by atoms with E-state index in [1.165, 1.54) is 16.7 Å². The minimum absolute atomic E-state index is 0. The first-order valence-electron chi connectivity index (χ1n) is 9.16. The van der Waals surface area contributed by atoms with Crippen LogP contribution in [-0.2, 0) is 12.8 Å². The summed E-state index contributed by atoms with van der Waals surface area (Å²) in [6.07, 6.45) is 1.75. The largest absolute Gasteiger partial charge is 0.496 e. The molecule has 0 saturated heterocycles. The molecule has 0 saturated carbocycles. The van der Waals surface area contributed by atoms with Crippen molar-refractivity contribution in [1.29, 1.82) is 0 Å². The molecule has 0 bridgehead atoms. The van der Waals surface area contributed by atoms with E-state index in [9.17, 15) is 0 Å². The molecule has 1 aliphatic heterocycles. The number of rotatable bonds is 7. The molecule has 0 amide bonds. The van der Waals surface area contributed by atoms with E-state index in [0.717, 1.165) is 49.1 Å². The molecule has 2 aromatic carbocycles. The standard InChI is InChI=1S/C21H27N3O3.HI/c1-15-4-6-18(25-3)17(12-15)9-11-24-21(22-2)23-10-8-16-5-7-19-20(13-16)27-14-26-19;/h4-7,12-13H,8-11,14H2,1-3H3,(H2,22,23,24);1H. The molecule has 0 atom stereocenters. The number of hydrogen-bond donors (Lipinski definition) is 2. The molecule has 6 nitrogen and oxygen atoms in total. The predicted molar refractivity (Wildman–Crippen MR) is 122 cm³/mol. The average Bonchev–Trinajstić information content (AvgIpc) is 3.15. The summed E-state index contributed by atoms with van der Waals surface area (Å²) in [7, 11) is 3.49. The molecule has 0 aliphatic carbocycles. The number of halogens is 1. The highest BCUT2D eigenvalue weighted by atomic mass is 127. The third kappa shape index (κ3) is 5.92. The maximum absolute atomic E-state index is 5.44. The molecule has 0 unspecified atom stereocenters. The zero-order valence-corrected chi connectivity index (χ0v) is 18.9. The van der Waals surface area contributed by atoms with Gasteiger partial charge in [0.15, 0.2) is 17.5 Å². The van der Waals surface area contributed by atoms with Crippen LogP contribution in [0, 0.1) is 6.92 Å². The van der Waals surface area contributed by atoms with Crippen molar-refractivity contribution >= 4 is 29.9 Å². The number of guanidine groups is 1. The Morgan fingerprint density at radius 1 is 1.04 bits per heavy atom. The van der Waals surface area contributed by atoms with Crippen LogP contribution in [0.5, 0.6) is 17.2 Å². The van der Waals surface area contributed by atoms with Crippen LogP contribution in [0.3, 0.4) is 0 Å². The minimum Gasteiger partial charge on any atom is -0.496 e. The Morgan fingerprint density at radius 3 is 2.54 bits per heavy atom. The second-order valence-corrected chi connectivity index (χ2v) is 6.43. The summed E-state index contributed by atoms with van der Waals surface area (Å²) < 4.78 is 16.2. The number of fused-ring (bicyclic) bond motifs is 1. The Labute approximate surface area is 183 Å². The van der Waals surface area contributed by atoms with Gasteiger partial charge in [0.25, 0.3) is 0 Å². The summed E-state index contributed by atoms with van der Waals surface area (Å²) in [6.45, 7) is 3.96. The van der Waals surface area contributed by atoms with Crippen LogP contribution in [0.2, 0.25) is 0 Å². The number of aryl methyl sites for hydroxylation is 1. The van der Waals surface area contributed by atoms with E-state index in [2.05, 4.69) is 40.7 Å². The van der Waals surface area contributed by atoms with Crippen LogP contribution >= 0.6 is 24.0 Å². The first-order chi connectivity index (χ1) is 13.2. The van der Waals surface area contributed by atoms with Crippen molar-refractivity contribution < 1.29 is 14.2 Å². The van der Waals surface area contributed by atoms with Crippen molar-refractivity contribution in [1.82, 2.24) is 10.6 Å². The highest BCUT2D eigenvalue weighted by molar-refractivity contribution is 14.0. The van der Waals surface area contributed by atoms with Gasteiger partial charge in [-0.3, -0.25) is 4.99 Å². The van der Waals surface area contributed by atoms with E-state index in [0.29, 0.717) is 6.79 Å². The molecule has 152 valence electrons. The maximum atomic E-state index is 5.44. The molecule has 0 radical (unpaired) electrons. The maximum Gasteiger partial charge on any atom is 0.231 e. The van der Waals surface area contributed by atoms with Gasteiger partial charge in [-0.15, -0.1) is 24.0 Å². The molecule has 0 aromatic heterocycles. The summed E-state index contributed by atoms with van der Waals surface area (Å²) >= 11 is 0. The summed E-state index contributed by atoms with van der Waals surface area (Å²) in [4.78, 5) is 4.29. The molecule has 3 rings (SSSR count). The highest BCUT2D eigenvalue weighted by Gasteiger charge is 2.13. The van der Waals surface area contributed by atoms with Gasteiger partial charge in [-0.1, -0.05) is 23.8 Å². The fourth-order valence-corrected chi connectivity index (χ4v) is 3.06. The molecule has 1 heterocycles. The van der Waals surface area contributed by atoms with Crippen LogP contribution < -0.4 is 24.8 Å². The topological polar surface area (TPSA) is 64.1 Å². The van der Waals surface area contributed by atoms with Crippen LogP contribution in [0.4, 0.5) is 0 Å². The zero-order chi connectivity index (χ0) is 19.1. The molecule has 1 aliphatic rings. The lowest BCUT2D eigenvalue weighted by atomic mass is 10.1. The van der Waals surface area contributed by atoms with Gasteiger partial charge < -0.3 is 24.8 Å². The number of aliphatic imine (C=N–C) groups is 1. The first kappa shape index (κ1) is 22.1. The van der Waals surface area contributed by atoms with Crippen LogP contribution in [-0.4, -0.2) is 40.0 Å². The summed E-state index contributed by atoms with van der Waals surface area (Å²) in [5.74, 6) is 3.35. The number of benzene rings is 2. The van der Waals surface area contributed by atoms with E-state index in [4.69, 9.17) is 14.2 Å². The molecular weight excluding hydrogens is 469 g/mol. The second-order valence-electron chi connectivity index (χ2n) is 6.43. The number of methoxy groups -OCH3 is 1. The normalized spacial score (nSPS) is 12.3. The third-order valence-corrected chi connectivity index (χ3v) is 4.49. The smallest absolute Gasteiger partial charge is 0.231 e. The molecular formula is C21H28IN3O3. The van der Waals surface area contributed by atoms with Crippen molar-refractivity contribution in [3.05, 3.63) is 53.1 Å². The molecule has 2 aromatic rings. The first-order valence-corrected chi connectivity index (χ1v) is 9.16. The summed E-state index contributed by atoms with van der Waals surface area (Å²) in [5, 5.41) is 6.70. The lowest BCUT2D eigenvalue weighted by Crippen LogP contribution is -2.39. The predicted octanol–water partition coefficient (Wildman–Crippen LogP) is 3.30. The van der Waals surface area contributed by atoms with Crippen LogP contribution in [0.15, 0.2) is 41.4 Å². The second kappa shape index (κ2) is 11.0. The number of ether oxygens (including phenoxy) is 3. The van der Waals surface area contributed by atoms with Crippen molar-refractivity contribution in [2.24, 2.45) is 4.99 Å². The fourth-order valence-electron chi connectivity index (χ4n) is 3.06. The Kier molecular flexibility index (Phi) is 8.69. The quantitative estimate of drug-likeness (QED) is 0.349. The number of nitrogens with zero attached hydrogens (tertiary/aromatic N) is 1. The molecule has 2 N–H and O–H groups in total. The molecule has 28 heavy (non-hydrogen) atoms. The Morgan fingerprint density at radius 2 is 1.79 bits per heavy atom. The Bertz CT molecular complexity index is 811. The summed E-state index contributed by atoms with van der Waals surface area (Å²) in [5.41, 5.74) is 3.63. The van der Waals surface area contributed by atoms with E-state index >= 15 is 0 Å². The van der Waals surface area contributed by atoms with Crippen LogP contribution in [0.1, 0.15) is 16.7 Å². The third-order valence-electron chi connectivity index (χ3n) is 4.49. The van der Waals surface area contributed by atoms with E-state index < -0.39 is 0 Å². The zero-order valence-electron chi connectivity index (χ0n) is 16.6. The molecule has 0 spiro atoms. The summed E-state index contributed by atoms with van der Waals surface area (Å²) in [6, 6.07) is 12.3. The van der Waals surface area contributed by atoms with E-state index in [-0.39, 0.29) is 24.0 Å². The van der Waals surface area contributed by atoms with E-state index in [1.807, 2.05) is 18.2 Å². The lowest BCUT2D eigenvalue weighted by molar-refractivity contribution is 0.174. The SMILES string of the molecule is CN=C(NCCc1ccc2c(c1)OCO2)NCCc1cc(C)ccc1OC.I. The van der Waals surface area contributed by atoms with Gasteiger partial charge in [0.1, 0.15) is 5.75 Å². The van der Waals surface area contributed by atoms with Gasteiger partial charge in [0, 0.05) is 20.1 Å². The van der Waals surface area contributed by atoms with Gasteiger partial charge in [-0.25, -0.2) is 0 Å². The monoisotopic (exact) mass is 497 g/mol. The van der Waals surface area contributed by atoms with Crippen molar-refractivity contribution in [2.75, 3.05) is 34.0 Å². The van der Waals surface area contributed by atoms with Crippen molar-refractivity contribution in [3.63, 3.8) is 0 Å².